The number of rotatable bonds is 2. The number of allylic oxidation sites excluding steroid dienone is 2. The zero-order chi connectivity index (χ0) is 9.84. The summed E-state index contributed by atoms with van der Waals surface area (Å²) in [4.78, 5) is 0. The molecule has 1 N–H and O–H groups in total. The molecule has 0 heterocycles. The van der Waals surface area contributed by atoms with Crippen LogP contribution in [0.15, 0.2) is 30.4 Å². The van der Waals surface area contributed by atoms with Crippen LogP contribution >= 0.6 is 0 Å². The normalized spacial score (nSPS) is 13.5. The van der Waals surface area contributed by atoms with Crippen molar-refractivity contribution >= 4 is 0 Å². The maximum absolute atomic E-state index is 9.23. The first-order chi connectivity index (χ1) is 6.15. The number of benzene rings is 1. The van der Waals surface area contributed by atoms with Gasteiger partial charge in [0.05, 0.1) is 0 Å². The second kappa shape index (κ2) is 4.13. The van der Waals surface area contributed by atoms with Crippen LogP contribution in [0.1, 0.15) is 30.9 Å². The van der Waals surface area contributed by atoms with E-state index >= 15 is 0 Å². The second-order valence-electron chi connectivity index (χ2n) is 3.36. The number of aryl methyl sites for hydroxylation is 1. The Morgan fingerprint density at radius 2 is 2.08 bits per heavy atom. The van der Waals surface area contributed by atoms with Gasteiger partial charge >= 0.3 is 0 Å². The molecule has 0 saturated carbocycles. The third kappa shape index (κ3) is 2.35. The molecule has 1 nitrogen and oxygen atoms in total. The van der Waals surface area contributed by atoms with Gasteiger partial charge in [0.15, 0.2) is 0 Å². The van der Waals surface area contributed by atoms with Crippen LogP contribution in [0.3, 0.4) is 0 Å². The lowest BCUT2D eigenvalue weighted by Crippen LogP contribution is -1.92. The minimum atomic E-state index is 0.342. The topological polar surface area (TPSA) is 20.2 Å². The van der Waals surface area contributed by atoms with Crippen molar-refractivity contribution < 1.29 is 5.11 Å². The Balaban J connectivity index is 3.01. The Labute approximate surface area is 79.7 Å². The molecular formula is C12H16O. The lowest BCUT2D eigenvalue weighted by molar-refractivity contribution is 0.474. The fourth-order valence-corrected chi connectivity index (χ4v) is 1.56. The maximum Gasteiger partial charge on any atom is 0.115 e. The molecule has 1 unspecified atom stereocenters. The molecule has 0 aromatic heterocycles. The van der Waals surface area contributed by atoms with Crippen molar-refractivity contribution in [2.24, 2.45) is 0 Å². The van der Waals surface area contributed by atoms with Crippen LogP contribution in [0.4, 0.5) is 0 Å². The van der Waals surface area contributed by atoms with E-state index in [1.54, 1.807) is 12.1 Å². The summed E-state index contributed by atoms with van der Waals surface area (Å²) in [6.45, 7) is 6.20. The second-order valence-corrected chi connectivity index (χ2v) is 3.36. The van der Waals surface area contributed by atoms with Gasteiger partial charge in [-0.15, -0.1) is 0 Å². The van der Waals surface area contributed by atoms with E-state index in [2.05, 4.69) is 19.1 Å². The Morgan fingerprint density at radius 3 is 2.62 bits per heavy atom. The molecule has 1 heteroatoms. The third-order valence-electron chi connectivity index (χ3n) is 2.23. The van der Waals surface area contributed by atoms with Gasteiger partial charge in [0.1, 0.15) is 5.75 Å². The zero-order valence-corrected chi connectivity index (χ0v) is 8.41. The van der Waals surface area contributed by atoms with E-state index in [-0.39, 0.29) is 0 Å². The van der Waals surface area contributed by atoms with Crippen LogP contribution in [0.5, 0.6) is 5.75 Å². The van der Waals surface area contributed by atoms with Crippen LogP contribution in [0.25, 0.3) is 0 Å². The quantitative estimate of drug-likeness (QED) is 0.685. The summed E-state index contributed by atoms with van der Waals surface area (Å²) in [5.41, 5.74) is 2.42. The summed E-state index contributed by atoms with van der Waals surface area (Å²) in [7, 11) is 0. The number of phenolic OH excluding ortho intramolecular Hbond substituents is 1. The average molecular weight is 176 g/mol. The lowest BCUT2D eigenvalue weighted by Gasteiger charge is -2.10. The first-order valence-corrected chi connectivity index (χ1v) is 4.57. The third-order valence-corrected chi connectivity index (χ3v) is 2.23. The molecule has 0 aliphatic carbocycles. The van der Waals surface area contributed by atoms with Gasteiger partial charge < -0.3 is 5.11 Å². The van der Waals surface area contributed by atoms with Crippen molar-refractivity contribution in [3.05, 3.63) is 41.5 Å². The summed E-state index contributed by atoms with van der Waals surface area (Å²) >= 11 is 0. The SMILES string of the molecule is C/C=C/C(C)c1ccc(O)cc1C. The van der Waals surface area contributed by atoms with Gasteiger partial charge in [-0.1, -0.05) is 25.1 Å². The minimum absolute atomic E-state index is 0.342. The van der Waals surface area contributed by atoms with E-state index < -0.39 is 0 Å². The van der Waals surface area contributed by atoms with Crippen molar-refractivity contribution in [1.29, 1.82) is 0 Å². The molecule has 0 radical (unpaired) electrons. The monoisotopic (exact) mass is 176 g/mol. The van der Waals surface area contributed by atoms with Gasteiger partial charge in [-0.05, 0) is 43.0 Å². The highest BCUT2D eigenvalue weighted by atomic mass is 16.3. The first kappa shape index (κ1) is 9.85. The van der Waals surface area contributed by atoms with Crippen molar-refractivity contribution in [2.45, 2.75) is 26.7 Å². The number of hydrogen-bond acceptors (Lipinski definition) is 1. The Hall–Kier alpha value is -1.24. The van der Waals surface area contributed by atoms with E-state index in [1.165, 1.54) is 5.56 Å². The van der Waals surface area contributed by atoms with Gasteiger partial charge in [0, 0.05) is 0 Å². The van der Waals surface area contributed by atoms with Gasteiger partial charge in [-0.3, -0.25) is 0 Å². The predicted molar refractivity (Wildman–Crippen MR) is 56.1 cm³/mol. The van der Waals surface area contributed by atoms with Crippen molar-refractivity contribution in [1.82, 2.24) is 0 Å². The molecule has 70 valence electrons. The molecule has 0 aliphatic rings. The van der Waals surface area contributed by atoms with E-state index in [0.717, 1.165) is 5.56 Å². The molecule has 0 spiro atoms. The molecule has 1 atom stereocenters. The summed E-state index contributed by atoms with van der Waals surface area (Å²) in [5.74, 6) is 0.763. The zero-order valence-electron chi connectivity index (χ0n) is 8.41. The van der Waals surface area contributed by atoms with E-state index in [4.69, 9.17) is 0 Å². The Kier molecular flexibility index (Phi) is 3.13. The largest absolute Gasteiger partial charge is 0.508 e. The minimum Gasteiger partial charge on any atom is -0.508 e. The number of aromatic hydroxyl groups is 1. The van der Waals surface area contributed by atoms with Gasteiger partial charge in [-0.25, -0.2) is 0 Å². The molecule has 0 amide bonds. The smallest absolute Gasteiger partial charge is 0.115 e. The summed E-state index contributed by atoms with van der Waals surface area (Å²) in [6, 6.07) is 5.52. The van der Waals surface area contributed by atoms with E-state index in [9.17, 15) is 5.11 Å². The summed E-state index contributed by atoms with van der Waals surface area (Å²) in [5, 5.41) is 9.23. The molecule has 1 rings (SSSR count). The van der Waals surface area contributed by atoms with Crippen LogP contribution < -0.4 is 0 Å². The molecular weight excluding hydrogens is 160 g/mol. The van der Waals surface area contributed by atoms with Gasteiger partial charge in [-0.2, -0.15) is 0 Å². The molecule has 0 fully saturated rings. The van der Waals surface area contributed by atoms with Crippen LogP contribution in [0.2, 0.25) is 0 Å². The number of hydrogen-bond donors (Lipinski definition) is 1. The molecule has 0 saturated heterocycles. The predicted octanol–water partition coefficient (Wildman–Crippen LogP) is 3.38. The van der Waals surface area contributed by atoms with Gasteiger partial charge in [0.25, 0.3) is 0 Å². The van der Waals surface area contributed by atoms with Crippen LogP contribution in [-0.4, -0.2) is 5.11 Å². The average Bonchev–Trinajstić information content (AvgIpc) is 2.04. The van der Waals surface area contributed by atoms with E-state index in [0.29, 0.717) is 11.7 Å². The standard InChI is InChI=1S/C12H16O/c1-4-5-9(2)12-7-6-11(13)8-10(12)3/h4-9,13H,1-3H3/b5-4+. The summed E-state index contributed by atoms with van der Waals surface area (Å²) in [6.07, 6.45) is 4.20. The Bertz CT molecular complexity index is 313. The first-order valence-electron chi connectivity index (χ1n) is 4.57. The van der Waals surface area contributed by atoms with Crippen LogP contribution in [0, 0.1) is 6.92 Å². The van der Waals surface area contributed by atoms with E-state index in [1.807, 2.05) is 19.9 Å². The Morgan fingerprint density at radius 1 is 1.38 bits per heavy atom. The highest BCUT2D eigenvalue weighted by Gasteiger charge is 2.04. The van der Waals surface area contributed by atoms with Crippen LogP contribution in [-0.2, 0) is 0 Å². The number of phenols is 1. The highest BCUT2D eigenvalue weighted by Crippen LogP contribution is 2.23. The van der Waals surface area contributed by atoms with Crippen molar-refractivity contribution in [2.75, 3.05) is 0 Å². The molecule has 0 aliphatic heterocycles. The van der Waals surface area contributed by atoms with Gasteiger partial charge in [0.2, 0.25) is 0 Å². The maximum atomic E-state index is 9.23. The molecule has 0 bridgehead atoms. The molecule has 1 aromatic rings. The highest BCUT2D eigenvalue weighted by molar-refractivity contribution is 5.37. The fourth-order valence-electron chi connectivity index (χ4n) is 1.56. The molecule has 13 heavy (non-hydrogen) atoms. The molecule has 1 aromatic carbocycles. The van der Waals surface area contributed by atoms with Crippen molar-refractivity contribution in [3.8, 4) is 5.75 Å². The lowest BCUT2D eigenvalue weighted by atomic mass is 9.96. The fraction of sp³-hybridized carbons (Fsp3) is 0.333. The summed E-state index contributed by atoms with van der Waals surface area (Å²) < 4.78 is 0. The van der Waals surface area contributed by atoms with Crippen molar-refractivity contribution in [3.63, 3.8) is 0 Å².